The summed E-state index contributed by atoms with van der Waals surface area (Å²) in [6.45, 7) is 2.11. The van der Waals surface area contributed by atoms with Crippen LogP contribution in [0.5, 0.6) is 5.75 Å². The van der Waals surface area contributed by atoms with Gasteiger partial charge in [-0.3, -0.25) is 0 Å². The van der Waals surface area contributed by atoms with Crippen LogP contribution in [-0.4, -0.2) is 30.4 Å². The van der Waals surface area contributed by atoms with Crippen LogP contribution in [0.1, 0.15) is 6.92 Å². The molecule has 4 heteroatoms. The number of carboxylic acids is 1. The first-order valence-electron chi connectivity index (χ1n) is 4.72. The van der Waals surface area contributed by atoms with E-state index < -0.39 is 12.1 Å². The van der Waals surface area contributed by atoms with Crippen molar-refractivity contribution in [1.82, 2.24) is 0 Å². The minimum absolute atomic E-state index is 0.266. The van der Waals surface area contributed by atoms with Crippen molar-refractivity contribution in [1.29, 1.82) is 0 Å². The van der Waals surface area contributed by atoms with Gasteiger partial charge in [-0.1, -0.05) is 18.2 Å². The van der Waals surface area contributed by atoms with Gasteiger partial charge in [-0.15, -0.1) is 0 Å². The molecule has 0 heterocycles. The first-order chi connectivity index (χ1) is 7.20. The van der Waals surface area contributed by atoms with E-state index in [2.05, 4.69) is 0 Å². The monoisotopic (exact) mass is 210 g/mol. The number of hydrogen-bond acceptors (Lipinski definition) is 3. The van der Waals surface area contributed by atoms with E-state index >= 15 is 0 Å². The summed E-state index contributed by atoms with van der Waals surface area (Å²) in [6.07, 6.45) is -0.788. The van der Waals surface area contributed by atoms with Crippen molar-refractivity contribution in [3.63, 3.8) is 0 Å². The first-order valence-corrected chi connectivity index (χ1v) is 4.72. The number of ether oxygens (including phenoxy) is 2. The highest BCUT2D eigenvalue weighted by Gasteiger charge is 2.09. The summed E-state index contributed by atoms with van der Waals surface area (Å²) in [6, 6.07) is 9.31. The molecule has 0 unspecified atom stereocenters. The third-order valence-corrected chi connectivity index (χ3v) is 1.81. The second-order valence-corrected chi connectivity index (χ2v) is 3.01. The van der Waals surface area contributed by atoms with E-state index in [0.29, 0.717) is 6.61 Å². The SMILES string of the molecule is C[C@@H](OCCOc1ccccc1)C(=O)O. The molecule has 1 N–H and O–H groups in total. The fourth-order valence-corrected chi connectivity index (χ4v) is 0.972. The van der Waals surface area contributed by atoms with Crippen molar-refractivity contribution in [2.24, 2.45) is 0 Å². The molecule has 0 fully saturated rings. The first kappa shape index (κ1) is 11.5. The molecular weight excluding hydrogens is 196 g/mol. The fourth-order valence-electron chi connectivity index (χ4n) is 0.972. The van der Waals surface area contributed by atoms with E-state index in [1.165, 1.54) is 6.92 Å². The summed E-state index contributed by atoms with van der Waals surface area (Å²) in [5.74, 6) is -0.209. The molecule has 0 aliphatic heterocycles. The Morgan fingerprint density at radius 3 is 2.60 bits per heavy atom. The van der Waals surface area contributed by atoms with Crippen LogP contribution in [0.25, 0.3) is 0 Å². The van der Waals surface area contributed by atoms with Gasteiger partial charge in [-0.05, 0) is 19.1 Å². The standard InChI is InChI=1S/C11H14O4/c1-9(11(12)13)14-7-8-15-10-5-3-2-4-6-10/h2-6,9H,7-8H2,1H3,(H,12,13)/t9-/m1/s1. The Bertz CT molecular complexity index is 297. The molecule has 1 aromatic carbocycles. The van der Waals surface area contributed by atoms with Crippen molar-refractivity contribution in [3.05, 3.63) is 30.3 Å². The summed E-state index contributed by atoms with van der Waals surface area (Å²) in [5.41, 5.74) is 0. The molecule has 0 aromatic heterocycles. The lowest BCUT2D eigenvalue weighted by Gasteiger charge is -2.09. The maximum atomic E-state index is 10.4. The highest BCUT2D eigenvalue weighted by atomic mass is 16.5. The summed E-state index contributed by atoms with van der Waals surface area (Å²) in [4.78, 5) is 10.4. The van der Waals surface area contributed by atoms with Crippen molar-refractivity contribution in [3.8, 4) is 5.75 Å². The number of aliphatic carboxylic acids is 1. The lowest BCUT2D eigenvalue weighted by Crippen LogP contribution is -2.22. The van der Waals surface area contributed by atoms with Crippen molar-refractivity contribution in [2.75, 3.05) is 13.2 Å². The lowest BCUT2D eigenvalue weighted by atomic mass is 10.3. The van der Waals surface area contributed by atoms with Gasteiger partial charge in [0.2, 0.25) is 0 Å². The average Bonchev–Trinajstić information content (AvgIpc) is 2.25. The molecular formula is C11H14O4. The van der Waals surface area contributed by atoms with Crippen LogP contribution < -0.4 is 4.74 Å². The summed E-state index contributed by atoms with van der Waals surface area (Å²) in [7, 11) is 0. The minimum Gasteiger partial charge on any atom is -0.491 e. The van der Waals surface area contributed by atoms with E-state index in [1.54, 1.807) is 0 Å². The maximum Gasteiger partial charge on any atom is 0.332 e. The molecule has 0 aliphatic carbocycles. The lowest BCUT2D eigenvalue weighted by molar-refractivity contribution is -0.149. The van der Waals surface area contributed by atoms with Gasteiger partial charge >= 0.3 is 5.97 Å². The van der Waals surface area contributed by atoms with E-state index in [-0.39, 0.29) is 6.61 Å². The molecule has 15 heavy (non-hydrogen) atoms. The van der Waals surface area contributed by atoms with Gasteiger partial charge in [-0.2, -0.15) is 0 Å². The molecule has 82 valence electrons. The molecule has 1 rings (SSSR count). The molecule has 0 amide bonds. The molecule has 0 spiro atoms. The normalized spacial score (nSPS) is 12.1. The second kappa shape index (κ2) is 6.03. The van der Waals surface area contributed by atoms with E-state index in [1.807, 2.05) is 30.3 Å². The number of para-hydroxylation sites is 1. The van der Waals surface area contributed by atoms with Gasteiger partial charge in [-0.25, -0.2) is 4.79 Å². The largest absolute Gasteiger partial charge is 0.491 e. The summed E-state index contributed by atoms with van der Waals surface area (Å²) < 4.78 is 10.3. The zero-order valence-corrected chi connectivity index (χ0v) is 8.55. The van der Waals surface area contributed by atoms with Crippen molar-refractivity contribution in [2.45, 2.75) is 13.0 Å². The molecule has 0 saturated carbocycles. The van der Waals surface area contributed by atoms with Crippen molar-refractivity contribution >= 4 is 5.97 Å². The van der Waals surface area contributed by atoms with Crippen LogP contribution in [0.15, 0.2) is 30.3 Å². The Balaban J connectivity index is 2.15. The fraction of sp³-hybridized carbons (Fsp3) is 0.364. The molecule has 0 aliphatic rings. The smallest absolute Gasteiger partial charge is 0.332 e. The van der Waals surface area contributed by atoms with Gasteiger partial charge < -0.3 is 14.6 Å². The third-order valence-electron chi connectivity index (χ3n) is 1.81. The molecule has 4 nitrogen and oxygen atoms in total. The second-order valence-electron chi connectivity index (χ2n) is 3.01. The third kappa shape index (κ3) is 4.46. The predicted molar refractivity (Wildman–Crippen MR) is 55.0 cm³/mol. The van der Waals surface area contributed by atoms with E-state index in [0.717, 1.165) is 5.75 Å². The molecule has 0 saturated heterocycles. The average molecular weight is 210 g/mol. The number of benzene rings is 1. The van der Waals surface area contributed by atoms with Gasteiger partial charge in [0.15, 0.2) is 6.10 Å². The minimum atomic E-state index is -0.963. The van der Waals surface area contributed by atoms with Gasteiger partial charge in [0, 0.05) is 0 Å². The Kier molecular flexibility index (Phi) is 4.63. The number of carbonyl (C=O) groups is 1. The molecule has 1 atom stereocenters. The van der Waals surface area contributed by atoms with Crippen LogP contribution in [0, 0.1) is 0 Å². The molecule has 1 aromatic rings. The zero-order chi connectivity index (χ0) is 11.1. The Labute approximate surface area is 88.4 Å². The van der Waals surface area contributed by atoms with Crippen LogP contribution in [0.3, 0.4) is 0 Å². The maximum absolute atomic E-state index is 10.4. The van der Waals surface area contributed by atoms with Crippen LogP contribution in [0.2, 0.25) is 0 Å². The topological polar surface area (TPSA) is 55.8 Å². The van der Waals surface area contributed by atoms with E-state index in [9.17, 15) is 4.79 Å². The Morgan fingerprint density at radius 1 is 1.33 bits per heavy atom. The highest BCUT2D eigenvalue weighted by molar-refractivity contribution is 5.71. The highest BCUT2D eigenvalue weighted by Crippen LogP contribution is 2.07. The van der Waals surface area contributed by atoms with Crippen LogP contribution >= 0.6 is 0 Å². The number of rotatable bonds is 6. The summed E-state index contributed by atoms with van der Waals surface area (Å²) in [5, 5.41) is 8.53. The van der Waals surface area contributed by atoms with Crippen LogP contribution in [0.4, 0.5) is 0 Å². The number of hydrogen-bond donors (Lipinski definition) is 1. The molecule has 0 radical (unpaired) electrons. The zero-order valence-electron chi connectivity index (χ0n) is 8.55. The quantitative estimate of drug-likeness (QED) is 0.724. The Hall–Kier alpha value is -1.55. The number of carboxylic acid groups (broad SMARTS) is 1. The van der Waals surface area contributed by atoms with Gasteiger partial charge in [0.25, 0.3) is 0 Å². The predicted octanol–water partition coefficient (Wildman–Crippen LogP) is 1.56. The molecule has 0 bridgehead atoms. The van der Waals surface area contributed by atoms with Gasteiger partial charge in [0.05, 0.1) is 6.61 Å². The van der Waals surface area contributed by atoms with Crippen molar-refractivity contribution < 1.29 is 19.4 Å². The Morgan fingerprint density at radius 2 is 2.00 bits per heavy atom. The van der Waals surface area contributed by atoms with Crippen LogP contribution in [-0.2, 0) is 9.53 Å². The summed E-state index contributed by atoms with van der Waals surface area (Å²) >= 11 is 0. The van der Waals surface area contributed by atoms with Gasteiger partial charge in [0.1, 0.15) is 12.4 Å². The van der Waals surface area contributed by atoms with E-state index in [4.69, 9.17) is 14.6 Å².